The number of aryl methyl sites for hydroxylation is 1. The van der Waals surface area contributed by atoms with Crippen molar-refractivity contribution in [2.75, 3.05) is 20.3 Å². The molecule has 1 heterocycles. The van der Waals surface area contributed by atoms with Crippen molar-refractivity contribution >= 4 is 5.91 Å². The lowest BCUT2D eigenvalue weighted by Gasteiger charge is -2.12. The van der Waals surface area contributed by atoms with Crippen molar-refractivity contribution < 1.29 is 14.1 Å². The van der Waals surface area contributed by atoms with Crippen molar-refractivity contribution in [1.82, 2.24) is 20.8 Å². The topological polar surface area (TPSA) is 89.3 Å². The summed E-state index contributed by atoms with van der Waals surface area (Å²) in [6.45, 7) is 5.18. The predicted molar refractivity (Wildman–Crippen MR) is 64.8 cm³/mol. The molecule has 1 aromatic heterocycles. The number of carbonyl (C=O) groups excluding carboxylic acids is 1. The van der Waals surface area contributed by atoms with E-state index in [0.717, 1.165) is 6.42 Å². The second-order valence-electron chi connectivity index (χ2n) is 3.97. The van der Waals surface area contributed by atoms with Crippen LogP contribution in [0.15, 0.2) is 4.52 Å². The largest absolute Gasteiger partial charge is 0.385 e. The molecule has 0 aliphatic rings. The van der Waals surface area contributed by atoms with Crippen molar-refractivity contribution in [2.45, 2.75) is 32.9 Å². The molecule has 1 atom stereocenters. The maximum atomic E-state index is 11.7. The molecule has 0 spiro atoms. The molecule has 2 N–H and O–H groups in total. The van der Waals surface area contributed by atoms with Crippen LogP contribution in [-0.4, -0.2) is 42.4 Å². The van der Waals surface area contributed by atoms with E-state index < -0.39 is 0 Å². The van der Waals surface area contributed by atoms with E-state index >= 15 is 0 Å². The molecule has 1 aromatic rings. The van der Waals surface area contributed by atoms with Crippen LogP contribution in [0.1, 0.15) is 25.1 Å². The first-order valence-electron chi connectivity index (χ1n) is 5.92. The van der Waals surface area contributed by atoms with Crippen molar-refractivity contribution in [1.29, 1.82) is 0 Å². The summed E-state index contributed by atoms with van der Waals surface area (Å²) in [5.74, 6) is 1.02. The van der Waals surface area contributed by atoms with Gasteiger partial charge in [-0.2, -0.15) is 4.98 Å². The van der Waals surface area contributed by atoms with Crippen LogP contribution in [0.2, 0.25) is 0 Å². The van der Waals surface area contributed by atoms with E-state index in [4.69, 9.17) is 9.26 Å². The maximum Gasteiger partial charge on any atom is 0.236 e. The third kappa shape index (κ3) is 5.24. The minimum Gasteiger partial charge on any atom is -0.385 e. The number of hydrogen-bond donors (Lipinski definition) is 2. The molecule has 0 bridgehead atoms. The minimum absolute atomic E-state index is 0.0497. The van der Waals surface area contributed by atoms with Gasteiger partial charge in [-0.25, -0.2) is 0 Å². The van der Waals surface area contributed by atoms with E-state index in [1.54, 1.807) is 21.0 Å². The van der Waals surface area contributed by atoms with Gasteiger partial charge in [-0.1, -0.05) is 5.16 Å². The number of carbonyl (C=O) groups is 1. The quantitative estimate of drug-likeness (QED) is 0.637. The summed E-state index contributed by atoms with van der Waals surface area (Å²) in [4.78, 5) is 15.7. The molecule has 1 rings (SSSR count). The Morgan fingerprint density at radius 3 is 2.94 bits per heavy atom. The maximum absolute atomic E-state index is 11.7. The van der Waals surface area contributed by atoms with Gasteiger partial charge in [-0.05, 0) is 13.3 Å². The molecule has 0 aromatic carbocycles. The number of ether oxygens (including phenoxy) is 1. The van der Waals surface area contributed by atoms with Crippen LogP contribution in [0.5, 0.6) is 0 Å². The van der Waals surface area contributed by atoms with Gasteiger partial charge in [0, 0.05) is 27.2 Å². The van der Waals surface area contributed by atoms with Gasteiger partial charge in [0.1, 0.15) is 0 Å². The average molecular weight is 256 g/mol. The molecule has 0 saturated heterocycles. The predicted octanol–water partition coefficient (Wildman–Crippen LogP) is 0.00882. The zero-order chi connectivity index (χ0) is 13.4. The standard InChI is InChI=1S/C11H20N4O3/c1-8(11(16)12-5-4-6-17-3)13-7-10-14-9(2)18-15-10/h8,13H,4-7H2,1-3H3,(H,12,16). The molecule has 0 aliphatic heterocycles. The van der Waals surface area contributed by atoms with Crippen molar-refractivity contribution in [3.05, 3.63) is 11.7 Å². The summed E-state index contributed by atoms with van der Waals surface area (Å²) in [6.07, 6.45) is 0.805. The first-order valence-corrected chi connectivity index (χ1v) is 5.92. The molecule has 0 radical (unpaired) electrons. The Kier molecular flexibility index (Phi) is 6.31. The van der Waals surface area contributed by atoms with Crippen molar-refractivity contribution in [3.63, 3.8) is 0 Å². The first kappa shape index (κ1) is 14.6. The van der Waals surface area contributed by atoms with Gasteiger partial charge in [0.25, 0.3) is 0 Å². The fourth-order valence-electron chi connectivity index (χ4n) is 1.33. The highest BCUT2D eigenvalue weighted by atomic mass is 16.5. The summed E-state index contributed by atoms with van der Waals surface area (Å²) in [6, 6.07) is -0.300. The number of nitrogens with one attached hydrogen (secondary N) is 2. The molecule has 102 valence electrons. The number of rotatable bonds is 8. The molecule has 1 amide bonds. The Labute approximate surface area is 106 Å². The Bertz CT molecular complexity index is 367. The van der Waals surface area contributed by atoms with Crippen LogP contribution >= 0.6 is 0 Å². The SMILES string of the molecule is COCCCNC(=O)C(C)NCc1noc(C)n1. The first-order chi connectivity index (χ1) is 8.63. The summed E-state index contributed by atoms with van der Waals surface area (Å²) in [5, 5.41) is 9.57. The number of amides is 1. The molecular weight excluding hydrogens is 236 g/mol. The zero-order valence-corrected chi connectivity index (χ0v) is 11.0. The molecule has 0 saturated carbocycles. The van der Waals surface area contributed by atoms with E-state index in [9.17, 15) is 4.79 Å². The molecule has 7 heteroatoms. The number of aromatic nitrogens is 2. The molecular formula is C11H20N4O3. The van der Waals surface area contributed by atoms with Crippen LogP contribution in [0.25, 0.3) is 0 Å². The monoisotopic (exact) mass is 256 g/mol. The van der Waals surface area contributed by atoms with Crippen LogP contribution < -0.4 is 10.6 Å². The van der Waals surface area contributed by atoms with Crippen LogP contribution in [0.4, 0.5) is 0 Å². The normalized spacial score (nSPS) is 12.4. The molecule has 18 heavy (non-hydrogen) atoms. The molecule has 7 nitrogen and oxygen atoms in total. The lowest BCUT2D eigenvalue weighted by molar-refractivity contribution is -0.122. The molecule has 0 fully saturated rings. The van der Waals surface area contributed by atoms with Gasteiger partial charge in [-0.15, -0.1) is 0 Å². The van der Waals surface area contributed by atoms with Gasteiger partial charge in [0.05, 0.1) is 12.6 Å². The van der Waals surface area contributed by atoms with E-state index in [0.29, 0.717) is 31.4 Å². The lowest BCUT2D eigenvalue weighted by Crippen LogP contribution is -2.42. The summed E-state index contributed by atoms with van der Waals surface area (Å²) in [7, 11) is 1.64. The van der Waals surface area contributed by atoms with E-state index in [1.165, 1.54) is 0 Å². The Hall–Kier alpha value is -1.47. The molecule has 1 unspecified atom stereocenters. The number of methoxy groups -OCH3 is 1. The Morgan fingerprint density at radius 2 is 2.33 bits per heavy atom. The van der Waals surface area contributed by atoms with Crippen molar-refractivity contribution in [2.24, 2.45) is 0 Å². The fourth-order valence-corrected chi connectivity index (χ4v) is 1.33. The van der Waals surface area contributed by atoms with Crippen LogP contribution in [0, 0.1) is 6.92 Å². The number of hydrogen-bond acceptors (Lipinski definition) is 6. The smallest absolute Gasteiger partial charge is 0.236 e. The van der Waals surface area contributed by atoms with Gasteiger partial charge < -0.3 is 14.6 Å². The Morgan fingerprint density at radius 1 is 1.56 bits per heavy atom. The molecule has 0 aliphatic carbocycles. The highest BCUT2D eigenvalue weighted by molar-refractivity contribution is 5.81. The van der Waals surface area contributed by atoms with Crippen LogP contribution in [-0.2, 0) is 16.1 Å². The van der Waals surface area contributed by atoms with E-state index in [-0.39, 0.29) is 11.9 Å². The van der Waals surface area contributed by atoms with Gasteiger partial charge >= 0.3 is 0 Å². The Balaban J connectivity index is 2.19. The average Bonchev–Trinajstić information content (AvgIpc) is 2.77. The van der Waals surface area contributed by atoms with E-state index in [2.05, 4.69) is 20.8 Å². The third-order valence-electron chi connectivity index (χ3n) is 2.35. The third-order valence-corrected chi connectivity index (χ3v) is 2.35. The second kappa shape index (κ2) is 7.78. The van der Waals surface area contributed by atoms with E-state index in [1.807, 2.05) is 0 Å². The second-order valence-corrected chi connectivity index (χ2v) is 3.97. The number of nitrogens with zero attached hydrogens (tertiary/aromatic N) is 2. The summed E-state index contributed by atoms with van der Waals surface area (Å²) in [5.41, 5.74) is 0. The summed E-state index contributed by atoms with van der Waals surface area (Å²) < 4.78 is 9.73. The lowest BCUT2D eigenvalue weighted by atomic mass is 10.3. The fraction of sp³-hybridized carbons (Fsp3) is 0.727. The van der Waals surface area contributed by atoms with Gasteiger partial charge in [0.2, 0.25) is 11.8 Å². The highest BCUT2D eigenvalue weighted by Crippen LogP contribution is 1.95. The van der Waals surface area contributed by atoms with Gasteiger partial charge in [0.15, 0.2) is 5.82 Å². The van der Waals surface area contributed by atoms with Crippen molar-refractivity contribution in [3.8, 4) is 0 Å². The van der Waals surface area contributed by atoms with Crippen LogP contribution in [0.3, 0.4) is 0 Å². The zero-order valence-electron chi connectivity index (χ0n) is 11.0. The summed E-state index contributed by atoms with van der Waals surface area (Å²) >= 11 is 0. The highest BCUT2D eigenvalue weighted by Gasteiger charge is 2.12. The minimum atomic E-state index is -0.300. The van der Waals surface area contributed by atoms with Gasteiger partial charge in [-0.3, -0.25) is 10.1 Å².